The Bertz CT molecular complexity index is 892. The van der Waals surface area contributed by atoms with Crippen molar-refractivity contribution in [2.45, 2.75) is 32.4 Å². The Morgan fingerprint density at radius 2 is 1.96 bits per heavy atom. The van der Waals surface area contributed by atoms with Crippen LogP contribution in [0.5, 0.6) is 0 Å². The highest BCUT2D eigenvalue weighted by Crippen LogP contribution is 2.31. The Labute approximate surface area is 149 Å². The highest BCUT2D eigenvalue weighted by molar-refractivity contribution is 5.94. The van der Waals surface area contributed by atoms with Crippen molar-refractivity contribution >= 4 is 17.6 Å². The van der Waals surface area contributed by atoms with E-state index in [4.69, 9.17) is 5.11 Å². The van der Waals surface area contributed by atoms with E-state index in [0.29, 0.717) is 5.56 Å². The van der Waals surface area contributed by atoms with Gasteiger partial charge in [0.05, 0.1) is 22.7 Å². The number of benzene rings is 1. The Hall–Kier alpha value is -3.29. The summed E-state index contributed by atoms with van der Waals surface area (Å²) in [6.07, 6.45) is 1.66. The van der Waals surface area contributed by atoms with Crippen LogP contribution in [0.3, 0.4) is 0 Å². The molecule has 8 nitrogen and oxygen atoms in total. The average Bonchev–Trinajstić information content (AvgIpc) is 3.43. The lowest BCUT2D eigenvalue weighted by Gasteiger charge is -2.22. The molecule has 3 rings (SSSR count). The van der Waals surface area contributed by atoms with Crippen molar-refractivity contribution in [3.8, 4) is 0 Å². The lowest BCUT2D eigenvalue weighted by atomic mass is 10.1. The van der Waals surface area contributed by atoms with Gasteiger partial charge < -0.3 is 10.0 Å². The predicted octanol–water partition coefficient (Wildman–Crippen LogP) is 2.80. The number of nitro benzene ring substituents is 1. The number of para-hydroxylation sites is 1. The van der Waals surface area contributed by atoms with Crippen LogP contribution in [0.25, 0.3) is 0 Å². The van der Waals surface area contributed by atoms with Crippen LogP contribution >= 0.6 is 0 Å². The smallest absolute Gasteiger partial charge is 0.337 e. The first kappa shape index (κ1) is 17.5. The zero-order chi connectivity index (χ0) is 18.8. The van der Waals surface area contributed by atoms with E-state index in [2.05, 4.69) is 4.98 Å². The minimum atomic E-state index is -1.10. The number of rotatable bonds is 6. The summed E-state index contributed by atoms with van der Waals surface area (Å²) in [5.74, 6) is -1.46. The minimum Gasteiger partial charge on any atom is -0.478 e. The van der Waals surface area contributed by atoms with Gasteiger partial charge in [-0.25, -0.2) is 9.78 Å². The van der Waals surface area contributed by atoms with E-state index in [1.165, 1.54) is 25.1 Å². The lowest BCUT2D eigenvalue weighted by molar-refractivity contribution is -0.385. The Balaban J connectivity index is 1.89. The van der Waals surface area contributed by atoms with Crippen LogP contribution in [0.4, 0.5) is 5.69 Å². The van der Waals surface area contributed by atoms with Crippen molar-refractivity contribution in [3.05, 3.63) is 69.0 Å². The Morgan fingerprint density at radius 1 is 1.27 bits per heavy atom. The molecule has 1 heterocycles. The van der Waals surface area contributed by atoms with Crippen LogP contribution in [-0.2, 0) is 6.54 Å². The van der Waals surface area contributed by atoms with Crippen LogP contribution < -0.4 is 0 Å². The second-order valence-electron chi connectivity index (χ2n) is 6.18. The molecule has 0 bridgehead atoms. The third-order valence-corrected chi connectivity index (χ3v) is 4.31. The first-order valence-corrected chi connectivity index (χ1v) is 8.12. The molecular formula is C18H17N3O5. The maximum Gasteiger partial charge on any atom is 0.337 e. The van der Waals surface area contributed by atoms with Crippen molar-refractivity contribution in [1.29, 1.82) is 0 Å². The number of carboxylic acid groups (broad SMARTS) is 1. The molecule has 0 unspecified atom stereocenters. The molecule has 1 aromatic heterocycles. The molecule has 0 atom stereocenters. The van der Waals surface area contributed by atoms with Gasteiger partial charge in [0, 0.05) is 17.7 Å². The van der Waals surface area contributed by atoms with Crippen LogP contribution in [-0.4, -0.2) is 37.8 Å². The number of nitro groups is 1. The normalized spacial score (nSPS) is 13.3. The highest BCUT2D eigenvalue weighted by Gasteiger charge is 2.35. The number of amides is 1. The van der Waals surface area contributed by atoms with E-state index in [-0.39, 0.29) is 41.1 Å². The van der Waals surface area contributed by atoms with Gasteiger partial charge in [0.15, 0.2) is 0 Å². The van der Waals surface area contributed by atoms with Crippen LogP contribution in [0.15, 0.2) is 36.4 Å². The summed E-state index contributed by atoms with van der Waals surface area (Å²) >= 11 is 0. The fraction of sp³-hybridized carbons (Fsp3) is 0.278. The summed E-state index contributed by atoms with van der Waals surface area (Å²) in [5.41, 5.74) is 0.855. The van der Waals surface area contributed by atoms with Crippen LogP contribution in [0, 0.1) is 17.0 Å². The Morgan fingerprint density at radius 3 is 2.54 bits per heavy atom. The van der Waals surface area contributed by atoms with E-state index >= 15 is 0 Å². The fourth-order valence-electron chi connectivity index (χ4n) is 2.81. The molecule has 0 aliphatic heterocycles. The van der Waals surface area contributed by atoms with E-state index in [9.17, 15) is 19.7 Å². The second-order valence-corrected chi connectivity index (χ2v) is 6.18. The minimum absolute atomic E-state index is 0.0172. The number of hydrogen-bond acceptors (Lipinski definition) is 5. The van der Waals surface area contributed by atoms with E-state index < -0.39 is 10.9 Å². The molecule has 0 saturated heterocycles. The van der Waals surface area contributed by atoms with Gasteiger partial charge in [0.25, 0.3) is 11.6 Å². The molecular weight excluding hydrogens is 338 g/mol. The van der Waals surface area contributed by atoms with Crippen LogP contribution in [0.1, 0.15) is 44.9 Å². The van der Waals surface area contributed by atoms with E-state index in [0.717, 1.165) is 12.8 Å². The first-order valence-electron chi connectivity index (χ1n) is 8.12. The number of pyridine rings is 1. The molecule has 8 heteroatoms. The third kappa shape index (κ3) is 3.53. The third-order valence-electron chi connectivity index (χ3n) is 4.31. The van der Waals surface area contributed by atoms with Crippen LogP contribution in [0.2, 0.25) is 0 Å². The van der Waals surface area contributed by atoms with Gasteiger partial charge in [-0.15, -0.1) is 0 Å². The zero-order valence-corrected chi connectivity index (χ0v) is 14.1. The van der Waals surface area contributed by atoms with Crippen molar-refractivity contribution in [2.75, 3.05) is 0 Å². The number of carboxylic acids is 1. The van der Waals surface area contributed by atoms with E-state index in [1.807, 2.05) is 0 Å². The molecule has 1 aromatic carbocycles. The summed E-state index contributed by atoms with van der Waals surface area (Å²) in [6.45, 7) is 1.64. The van der Waals surface area contributed by atoms with Gasteiger partial charge in [-0.1, -0.05) is 18.2 Å². The van der Waals surface area contributed by atoms with Gasteiger partial charge in [0.2, 0.25) is 0 Å². The molecule has 0 radical (unpaired) electrons. The maximum atomic E-state index is 12.9. The molecule has 1 N–H and O–H groups in total. The molecule has 1 aliphatic rings. The highest BCUT2D eigenvalue weighted by atomic mass is 16.6. The number of aryl methyl sites for hydroxylation is 1. The average molecular weight is 355 g/mol. The van der Waals surface area contributed by atoms with Gasteiger partial charge in [-0.2, -0.15) is 0 Å². The van der Waals surface area contributed by atoms with E-state index in [1.54, 1.807) is 23.1 Å². The topological polar surface area (TPSA) is 114 Å². The van der Waals surface area contributed by atoms with Gasteiger partial charge in [-0.3, -0.25) is 14.9 Å². The number of nitrogens with zero attached hydrogens (tertiary/aromatic N) is 3. The number of carbonyl (C=O) groups excluding carboxylic acids is 1. The van der Waals surface area contributed by atoms with Gasteiger partial charge in [-0.05, 0) is 31.9 Å². The van der Waals surface area contributed by atoms with Crippen molar-refractivity contribution < 1.29 is 19.6 Å². The molecule has 134 valence electrons. The van der Waals surface area contributed by atoms with Gasteiger partial charge >= 0.3 is 5.97 Å². The summed E-state index contributed by atoms with van der Waals surface area (Å²) < 4.78 is 0. The summed E-state index contributed by atoms with van der Waals surface area (Å²) in [7, 11) is 0. The zero-order valence-electron chi connectivity index (χ0n) is 14.1. The molecule has 0 spiro atoms. The Kier molecular flexibility index (Phi) is 4.66. The standard InChI is InChI=1S/C18H17N3O5/c1-11-14(18(23)24)8-9-15(19-11)17(22)20(13-6-7-13)10-12-4-2-3-5-16(12)21(25)26/h2-5,8-9,13H,6-7,10H2,1H3,(H,23,24). The monoisotopic (exact) mass is 355 g/mol. The lowest BCUT2D eigenvalue weighted by Crippen LogP contribution is -2.33. The number of aromatic nitrogens is 1. The summed E-state index contributed by atoms with van der Waals surface area (Å²) in [5, 5.41) is 20.3. The first-order chi connectivity index (χ1) is 12.4. The molecule has 1 saturated carbocycles. The molecule has 1 amide bonds. The van der Waals surface area contributed by atoms with Gasteiger partial charge in [0.1, 0.15) is 5.69 Å². The number of carbonyl (C=O) groups is 2. The fourth-order valence-corrected chi connectivity index (χ4v) is 2.81. The summed E-state index contributed by atoms with van der Waals surface area (Å²) in [6, 6.07) is 9.08. The SMILES string of the molecule is Cc1nc(C(=O)N(Cc2ccccc2[N+](=O)[O-])C2CC2)ccc1C(=O)O. The molecule has 2 aromatic rings. The maximum absolute atomic E-state index is 12.9. The van der Waals surface area contributed by atoms with Crippen molar-refractivity contribution in [2.24, 2.45) is 0 Å². The quantitative estimate of drug-likeness (QED) is 0.629. The number of aromatic carboxylic acids is 1. The molecule has 1 fully saturated rings. The number of hydrogen-bond donors (Lipinski definition) is 1. The van der Waals surface area contributed by atoms with Crippen molar-refractivity contribution in [1.82, 2.24) is 9.88 Å². The molecule has 1 aliphatic carbocycles. The predicted molar refractivity (Wildman–Crippen MR) is 91.9 cm³/mol. The largest absolute Gasteiger partial charge is 0.478 e. The second kappa shape index (κ2) is 6.91. The molecule has 26 heavy (non-hydrogen) atoms. The summed E-state index contributed by atoms with van der Waals surface area (Å²) in [4.78, 5) is 40.4. The van der Waals surface area contributed by atoms with Crippen molar-refractivity contribution in [3.63, 3.8) is 0 Å².